The molecule has 0 bridgehead atoms. The van der Waals surface area contributed by atoms with Gasteiger partial charge < -0.3 is 30.2 Å². The Morgan fingerprint density at radius 2 is 1.62 bits per heavy atom. The van der Waals surface area contributed by atoms with Gasteiger partial charge in [0.25, 0.3) is 11.8 Å². The first-order chi connectivity index (χ1) is 23.4. The zero-order valence-corrected chi connectivity index (χ0v) is 25.9. The van der Waals surface area contributed by atoms with E-state index < -0.39 is 23.4 Å². The standard InChI is InChI=1S/C36H31F2N5O5/c1-46-31-18-24-29(19-32(31)47-20-22-9-3-2-4-10-22)40-21-41-36(24)48-30-15-14-23(17-26(30)38)42-34(44)33(28-13-7-8-16-39-28)35(45)43-27-12-6-5-11-25(27)37/h2-6,9-12,14-15,17-19,21,39H,7-8,13,16,20H2,1H3,(H,42,44)(H,43,45)/b33-28-. The maximum absolute atomic E-state index is 15.4. The second-order valence-electron chi connectivity index (χ2n) is 10.8. The number of hydrogen-bond donors (Lipinski definition) is 3. The van der Waals surface area contributed by atoms with Gasteiger partial charge in [-0.05, 0) is 55.2 Å². The van der Waals surface area contributed by atoms with E-state index in [1.54, 1.807) is 18.2 Å². The largest absolute Gasteiger partial charge is 0.493 e. The second kappa shape index (κ2) is 14.6. The van der Waals surface area contributed by atoms with Crippen molar-refractivity contribution in [3.05, 3.63) is 120 Å². The minimum atomic E-state index is -0.796. The van der Waals surface area contributed by atoms with Crippen LogP contribution in [0.4, 0.5) is 20.2 Å². The molecular weight excluding hydrogens is 620 g/mol. The summed E-state index contributed by atoms with van der Waals surface area (Å²) in [6.45, 7) is 0.891. The van der Waals surface area contributed by atoms with Crippen molar-refractivity contribution in [3.63, 3.8) is 0 Å². The number of nitrogens with one attached hydrogen (secondary N) is 3. The van der Waals surface area contributed by atoms with E-state index in [2.05, 4.69) is 25.9 Å². The number of allylic oxidation sites excluding steroid dienone is 1. The van der Waals surface area contributed by atoms with Crippen LogP contribution >= 0.6 is 0 Å². The maximum atomic E-state index is 15.4. The summed E-state index contributed by atoms with van der Waals surface area (Å²) in [6, 6.07) is 22.5. The fourth-order valence-corrected chi connectivity index (χ4v) is 5.18. The van der Waals surface area contributed by atoms with E-state index >= 15 is 4.39 Å². The molecule has 3 N–H and O–H groups in total. The van der Waals surface area contributed by atoms with E-state index in [1.807, 2.05) is 30.3 Å². The Bertz CT molecular complexity index is 2000. The van der Waals surface area contributed by atoms with Gasteiger partial charge in [-0.25, -0.2) is 18.7 Å². The molecule has 1 aliphatic heterocycles. The monoisotopic (exact) mass is 651 g/mol. The first-order valence-corrected chi connectivity index (χ1v) is 15.2. The van der Waals surface area contributed by atoms with Gasteiger partial charge in [-0.2, -0.15) is 0 Å². The molecule has 1 aliphatic rings. The minimum absolute atomic E-state index is 0.0671. The van der Waals surface area contributed by atoms with Crippen molar-refractivity contribution in [1.29, 1.82) is 0 Å². The Hall–Kier alpha value is -6.04. The van der Waals surface area contributed by atoms with Crippen LogP contribution in [0.1, 0.15) is 24.8 Å². The Morgan fingerprint density at radius 3 is 2.38 bits per heavy atom. The zero-order valence-electron chi connectivity index (χ0n) is 25.9. The van der Waals surface area contributed by atoms with E-state index in [0.717, 1.165) is 24.5 Å². The van der Waals surface area contributed by atoms with Crippen LogP contribution in [0.2, 0.25) is 0 Å². The Kier molecular flexibility index (Phi) is 9.70. The smallest absolute Gasteiger partial charge is 0.263 e. The first-order valence-electron chi connectivity index (χ1n) is 15.2. The van der Waals surface area contributed by atoms with E-state index in [-0.39, 0.29) is 28.6 Å². The van der Waals surface area contributed by atoms with E-state index in [1.165, 1.54) is 43.8 Å². The van der Waals surface area contributed by atoms with Crippen LogP contribution in [-0.2, 0) is 16.2 Å². The van der Waals surface area contributed by atoms with Crippen LogP contribution in [-0.4, -0.2) is 35.4 Å². The molecule has 0 radical (unpaired) electrons. The predicted octanol–water partition coefficient (Wildman–Crippen LogP) is 6.89. The molecule has 0 spiro atoms. The Balaban J connectivity index is 1.20. The molecule has 48 heavy (non-hydrogen) atoms. The van der Waals surface area contributed by atoms with Crippen molar-refractivity contribution in [3.8, 4) is 23.1 Å². The Morgan fingerprint density at radius 1 is 0.833 bits per heavy atom. The number of carbonyl (C=O) groups excluding carboxylic acids is 2. The van der Waals surface area contributed by atoms with Crippen LogP contribution in [0.3, 0.4) is 0 Å². The SMILES string of the molecule is COc1cc2c(Oc3ccc(NC(=O)/C(C(=O)Nc4ccccc4F)=C4\CCCCN4)cc3F)ncnc2cc1OCc1ccccc1. The molecule has 0 unspecified atom stereocenters. The van der Waals surface area contributed by atoms with Gasteiger partial charge in [0.05, 0.1) is 23.7 Å². The van der Waals surface area contributed by atoms with Gasteiger partial charge in [-0.1, -0.05) is 42.5 Å². The molecule has 0 atom stereocenters. The number of benzene rings is 4. The summed E-state index contributed by atoms with van der Waals surface area (Å²) in [4.78, 5) is 35.2. The number of ether oxygens (including phenoxy) is 3. The molecule has 12 heteroatoms. The van der Waals surface area contributed by atoms with Gasteiger partial charge in [0.1, 0.15) is 24.3 Å². The number of anilines is 2. The van der Waals surface area contributed by atoms with Gasteiger partial charge >= 0.3 is 0 Å². The van der Waals surface area contributed by atoms with Crippen molar-refractivity contribution in [1.82, 2.24) is 15.3 Å². The summed E-state index contributed by atoms with van der Waals surface area (Å²) >= 11 is 0. The summed E-state index contributed by atoms with van der Waals surface area (Å²) in [6.07, 6.45) is 3.38. The van der Waals surface area contributed by atoms with Crippen molar-refractivity contribution >= 4 is 34.1 Å². The summed E-state index contributed by atoms with van der Waals surface area (Å²) in [5, 5.41) is 8.60. The van der Waals surface area contributed by atoms with Crippen molar-refractivity contribution in [2.24, 2.45) is 0 Å². The summed E-state index contributed by atoms with van der Waals surface area (Å²) in [5.74, 6) is -2.22. The van der Waals surface area contributed by atoms with Crippen molar-refractivity contribution in [2.45, 2.75) is 25.9 Å². The summed E-state index contributed by atoms with van der Waals surface area (Å²) in [7, 11) is 1.50. The van der Waals surface area contributed by atoms with Gasteiger partial charge in [0.15, 0.2) is 23.1 Å². The highest BCUT2D eigenvalue weighted by Crippen LogP contribution is 2.37. The lowest BCUT2D eigenvalue weighted by Gasteiger charge is -2.21. The van der Waals surface area contributed by atoms with Crippen molar-refractivity contribution < 1.29 is 32.6 Å². The molecule has 1 saturated heterocycles. The van der Waals surface area contributed by atoms with Crippen LogP contribution in [0.15, 0.2) is 103 Å². The number of methoxy groups -OCH3 is 1. The minimum Gasteiger partial charge on any atom is -0.493 e. The molecule has 6 rings (SSSR count). The molecule has 244 valence electrons. The van der Waals surface area contributed by atoms with Gasteiger partial charge in [0, 0.05) is 30.1 Å². The number of halogens is 2. The number of rotatable bonds is 10. The molecule has 0 aliphatic carbocycles. The average Bonchev–Trinajstić information content (AvgIpc) is 3.10. The van der Waals surface area contributed by atoms with Gasteiger partial charge in [0.2, 0.25) is 5.88 Å². The number of nitrogens with zero attached hydrogens (tertiary/aromatic N) is 2. The molecule has 5 aromatic rings. The molecule has 1 aromatic heterocycles. The number of carbonyl (C=O) groups is 2. The van der Waals surface area contributed by atoms with Crippen molar-refractivity contribution in [2.75, 3.05) is 24.3 Å². The Labute approximate surface area is 274 Å². The summed E-state index contributed by atoms with van der Waals surface area (Å²) in [5.41, 5.74) is 1.68. The molecule has 4 aromatic carbocycles. The first kappa shape index (κ1) is 31.9. The van der Waals surface area contributed by atoms with Crippen LogP contribution in [0, 0.1) is 11.6 Å². The van der Waals surface area contributed by atoms with Crippen LogP contribution < -0.4 is 30.2 Å². The number of piperidine rings is 1. The lowest BCUT2D eigenvalue weighted by molar-refractivity contribution is -0.118. The highest BCUT2D eigenvalue weighted by molar-refractivity contribution is 6.26. The van der Waals surface area contributed by atoms with Gasteiger partial charge in [-0.15, -0.1) is 0 Å². The summed E-state index contributed by atoms with van der Waals surface area (Å²) < 4.78 is 47.0. The topological polar surface area (TPSA) is 124 Å². The van der Waals surface area contributed by atoms with E-state index in [9.17, 15) is 14.0 Å². The number of amides is 2. The second-order valence-corrected chi connectivity index (χ2v) is 10.8. The third-order valence-corrected chi connectivity index (χ3v) is 7.59. The van der Waals surface area contributed by atoms with E-state index in [0.29, 0.717) is 47.7 Å². The zero-order chi connectivity index (χ0) is 33.5. The number of para-hydroxylation sites is 1. The number of aromatic nitrogens is 2. The fraction of sp³-hybridized carbons (Fsp3) is 0.167. The lowest BCUT2D eigenvalue weighted by Crippen LogP contribution is -2.32. The molecule has 1 fully saturated rings. The number of fused-ring (bicyclic) bond motifs is 1. The third kappa shape index (κ3) is 7.33. The fourth-order valence-electron chi connectivity index (χ4n) is 5.18. The highest BCUT2D eigenvalue weighted by Gasteiger charge is 2.26. The predicted molar refractivity (Wildman–Crippen MR) is 176 cm³/mol. The molecule has 2 amide bonds. The van der Waals surface area contributed by atoms with E-state index in [4.69, 9.17) is 14.2 Å². The lowest BCUT2D eigenvalue weighted by atomic mass is 10.0. The molecule has 2 heterocycles. The van der Waals surface area contributed by atoms with Crippen LogP contribution in [0.25, 0.3) is 10.9 Å². The average molecular weight is 652 g/mol. The highest BCUT2D eigenvalue weighted by atomic mass is 19.1. The third-order valence-electron chi connectivity index (χ3n) is 7.59. The maximum Gasteiger partial charge on any atom is 0.263 e. The normalized spacial score (nSPS) is 13.6. The molecule has 10 nitrogen and oxygen atoms in total. The quantitative estimate of drug-likeness (QED) is 0.0848. The molecular formula is C36H31F2N5O5. The molecule has 0 saturated carbocycles. The van der Waals surface area contributed by atoms with Gasteiger partial charge in [-0.3, -0.25) is 9.59 Å². The number of hydrogen-bond acceptors (Lipinski definition) is 8. The van der Waals surface area contributed by atoms with Crippen LogP contribution in [0.5, 0.6) is 23.1 Å².